The predicted molar refractivity (Wildman–Crippen MR) is 93.6 cm³/mol. The summed E-state index contributed by atoms with van der Waals surface area (Å²) in [5.74, 6) is 0.529. The Morgan fingerprint density at radius 3 is 2.68 bits per heavy atom. The minimum Gasteiger partial charge on any atom is -0.335 e. The highest BCUT2D eigenvalue weighted by molar-refractivity contribution is 5.97. The summed E-state index contributed by atoms with van der Waals surface area (Å²) in [6.07, 6.45) is 9.75. The van der Waals surface area contributed by atoms with E-state index in [1.54, 1.807) is 0 Å². The van der Waals surface area contributed by atoms with Gasteiger partial charge < -0.3 is 4.90 Å². The summed E-state index contributed by atoms with van der Waals surface area (Å²) >= 11 is 0. The Morgan fingerprint density at radius 2 is 1.88 bits per heavy atom. The van der Waals surface area contributed by atoms with Crippen LogP contribution in [0.1, 0.15) is 55.3 Å². The molecule has 1 saturated carbocycles. The van der Waals surface area contributed by atoms with Crippen LogP contribution < -0.4 is 11.2 Å². The first kappa shape index (κ1) is 16.1. The van der Waals surface area contributed by atoms with Crippen LogP contribution in [0.2, 0.25) is 0 Å². The van der Waals surface area contributed by atoms with Crippen molar-refractivity contribution in [2.45, 2.75) is 51.0 Å². The molecule has 2 N–H and O–H groups in total. The van der Waals surface area contributed by atoms with Gasteiger partial charge in [0.15, 0.2) is 0 Å². The lowest BCUT2D eigenvalue weighted by molar-refractivity contribution is 0.0661. The molecule has 2 fully saturated rings. The van der Waals surface area contributed by atoms with Crippen LogP contribution in [0, 0.1) is 5.92 Å². The number of carbonyl (C=O) groups excluding carboxylic acids is 1. The number of hydrogen-bond donors (Lipinski definition) is 2. The molecule has 7 heteroatoms. The normalized spacial score (nSPS) is 21.8. The van der Waals surface area contributed by atoms with Crippen molar-refractivity contribution in [2.24, 2.45) is 5.92 Å². The van der Waals surface area contributed by atoms with Gasteiger partial charge in [-0.05, 0) is 37.7 Å². The molecule has 2 aliphatic rings. The molecule has 1 unspecified atom stereocenters. The van der Waals surface area contributed by atoms with Crippen molar-refractivity contribution in [1.82, 2.24) is 19.9 Å². The van der Waals surface area contributed by atoms with Crippen molar-refractivity contribution in [2.75, 3.05) is 6.54 Å². The number of fused-ring (bicyclic) bond motifs is 1. The van der Waals surface area contributed by atoms with Crippen LogP contribution in [0.5, 0.6) is 0 Å². The van der Waals surface area contributed by atoms with Gasteiger partial charge in [0.2, 0.25) is 0 Å². The Hall–Kier alpha value is -2.44. The van der Waals surface area contributed by atoms with Gasteiger partial charge in [0.1, 0.15) is 5.65 Å². The summed E-state index contributed by atoms with van der Waals surface area (Å²) in [5.41, 5.74) is -0.504. The zero-order valence-corrected chi connectivity index (χ0v) is 14.1. The highest BCUT2D eigenvalue weighted by atomic mass is 16.2. The number of nitrogens with one attached hydrogen (secondary N) is 2. The zero-order chi connectivity index (χ0) is 17.4. The van der Waals surface area contributed by atoms with Crippen molar-refractivity contribution in [3.05, 3.63) is 38.7 Å². The standard InChI is InChI=1S/C18H22N4O3/c23-16-13-9-12(10-19-15(13)20-18(25)21-16)17(24)22-8-4-7-14(22)11-5-2-1-3-6-11/h9-11,14H,1-8H2,(H2,19,20,21,23,25). The van der Waals surface area contributed by atoms with E-state index in [1.807, 2.05) is 4.90 Å². The average Bonchev–Trinajstić information content (AvgIpc) is 3.11. The van der Waals surface area contributed by atoms with Gasteiger partial charge >= 0.3 is 5.69 Å². The number of aromatic amines is 2. The molecule has 0 aromatic carbocycles. The van der Waals surface area contributed by atoms with Crippen molar-refractivity contribution in [1.29, 1.82) is 0 Å². The Bertz CT molecular complexity index is 910. The Morgan fingerprint density at radius 1 is 1.08 bits per heavy atom. The van der Waals surface area contributed by atoms with Crippen LogP contribution >= 0.6 is 0 Å². The number of aromatic nitrogens is 3. The number of hydrogen-bond acceptors (Lipinski definition) is 4. The summed E-state index contributed by atoms with van der Waals surface area (Å²) in [4.78, 5) is 47.1. The minimum atomic E-state index is -0.596. The second kappa shape index (κ2) is 6.46. The largest absolute Gasteiger partial charge is 0.335 e. The first-order chi connectivity index (χ1) is 12.1. The van der Waals surface area contributed by atoms with E-state index in [-0.39, 0.29) is 16.9 Å². The molecule has 1 aliphatic heterocycles. The van der Waals surface area contributed by atoms with Gasteiger partial charge in [0.25, 0.3) is 11.5 Å². The second-order valence-corrected chi connectivity index (χ2v) is 7.13. The molecule has 1 amide bonds. The van der Waals surface area contributed by atoms with Crippen LogP contribution in [-0.4, -0.2) is 38.3 Å². The third-order valence-corrected chi connectivity index (χ3v) is 5.59. The summed E-state index contributed by atoms with van der Waals surface area (Å²) in [7, 11) is 0. The SMILES string of the molecule is O=C(c1cnc2[nH]c(=O)[nH]c(=O)c2c1)N1CCCC1C1CCCCC1. The maximum Gasteiger partial charge on any atom is 0.327 e. The van der Waals surface area contributed by atoms with E-state index in [0.717, 1.165) is 19.4 Å². The summed E-state index contributed by atoms with van der Waals surface area (Å²) in [6, 6.07) is 1.84. The van der Waals surface area contributed by atoms with Gasteiger partial charge in [-0.15, -0.1) is 0 Å². The molecule has 1 atom stereocenters. The molecule has 2 aromatic rings. The van der Waals surface area contributed by atoms with Crippen molar-refractivity contribution in [3.8, 4) is 0 Å². The van der Waals surface area contributed by atoms with Crippen LogP contribution in [0.3, 0.4) is 0 Å². The molecule has 132 valence electrons. The molecule has 25 heavy (non-hydrogen) atoms. The highest BCUT2D eigenvalue weighted by Crippen LogP contribution is 2.35. The molecule has 3 heterocycles. The summed E-state index contributed by atoms with van der Waals surface area (Å²) in [6.45, 7) is 0.764. The van der Waals surface area contributed by atoms with E-state index in [4.69, 9.17) is 0 Å². The third kappa shape index (κ3) is 2.99. The Balaban J connectivity index is 1.64. The highest BCUT2D eigenvalue weighted by Gasteiger charge is 2.35. The zero-order valence-electron chi connectivity index (χ0n) is 14.1. The van der Waals surface area contributed by atoms with Crippen LogP contribution in [-0.2, 0) is 0 Å². The quantitative estimate of drug-likeness (QED) is 0.869. The molecule has 2 aromatic heterocycles. The molecule has 0 bridgehead atoms. The molecule has 1 saturated heterocycles. The van der Waals surface area contributed by atoms with Crippen molar-refractivity contribution >= 4 is 16.9 Å². The maximum atomic E-state index is 13.0. The van der Waals surface area contributed by atoms with Crippen molar-refractivity contribution < 1.29 is 4.79 Å². The van der Waals surface area contributed by atoms with Crippen LogP contribution in [0.4, 0.5) is 0 Å². The van der Waals surface area contributed by atoms with Gasteiger partial charge in [0, 0.05) is 18.8 Å². The third-order valence-electron chi connectivity index (χ3n) is 5.59. The lowest BCUT2D eigenvalue weighted by Crippen LogP contribution is -2.40. The van der Waals surface area contributed by atoms with Gasteiger partial charge in [-0.25, -0.2) is 9.78 Å². The summed E-state index contributed by atoms with van der Waals surface area (Å²) in [5, 5.41) is 0.235. The molecule has 0 spiro atoms. The monoisotopic (exact) mass is 342 g/mol. The van der Waals surface area contributed by atoms with Gasteiger partial charge in [-0.1, -0.05) is 19.3 Å². The number of carbonyl (C=O) groups is 1. The average molecular weight is 342 g/mol. The number of nitrogens with zero attached hydrogens (tertiary/aromatic N) is 2. The lowest BCUT2D eigenvalue weighted by atomic mass is 9.83. The van der Waals surface area contributed by atoms with E-state index in [1.165, 1.54) is 44.4 Å². The number of amides is 1. The first-order valence-electron chi connectivity index (χ1n) is 9.07. The molecular formula is C18H22N4O3. The molecule has 7 nitrogen and oxygen atoms in total. The van der Waals surface area contributed by atoms with E-state index in [2.05, 4.69) is 15.0 Å². The minimum absolute atomic E-state index is 0.0620. The van der Waals surface area contributed by atoms with E-state index < -0.39 is 11.2 Å². The summed E-state index contributed by atoms with van der Waals surface area (Å²) < 4.78 is 0. The molecule has 4 rings (SSSR count). The maximum absolute atomic E-state index is 13.0. The van der Waals surface area contributed by atoms with Gasteiger partial charge in [-0.3, -0.25) is 19.6 Å². The first-order valence-corrected chi connectivity index (χ1v) is 9.07. The predicted octanol–water partition coefficient (Wildman–Crippen LogP) is 1.80. The van der Waals surface area contributed by atoms with E-state index >= 15 is 0 Å². The Kier molecular flexibility index (Phi) is 4.15. The smallest absolute Gasteiger partial charge is 0.327 e. The van der Waals surface area contributed by atoms with Crippen molar-refractivity contribution in [3.63, 3.8) is 0 Å². The number of rotatable bonds is 2. The molecular weight excluding hydrogens is 320 g/mol. The number of H-pyrrole nitrogens is 2. The van der Waals surface area contributed by atoms with Crippen LogP contribution in [0.25, 0.3) is 11.0 Å². The molecule has 0 radical (unpaired) electrons. The fourth-order valence-electron chi connectivity index (χ4n) is 4.38. The van der Waals surface area contributed by atoms with Gasteiger partial charge in [-0.2, -0.15) is 0 Å². The van der Waals surface area contributed by atoms with E-state index in [9.17, 15) is 14.4 Å². The Labute approximate surface area is 144 Å². The fraction of sp³-hybridized carbons (Fsp3) is 0.556. The number of pyridine rings is 1. The molecule has 1 aliphatic carbocycles. The fourth-order valence-corrected chi connectivity index (χ4v) is 4.38. The number of likely N-dealkylation sites (tertiary alicyclic amines) is 1. The second-order valence-electron chi connectivity index (χ2n) is 7.13. The lowest BCUT2D eigenvalue weighted by Gasteiger charge is -2.34. The topological polar surface area (TPSA) is 98.9 Å². The van der Waals surface area contributed by atoms with Gasteiger partial charge in [0.05, 0.1) is 10.9 Å². The van der Waals surface area contributed by atoms with Crippen LogP contribution in [0.15, 0.2) is 21.9 Å². The van der Waals surface area contributed by atoms with E-state index in [0.29, 0.717) is 17.5 Å².